The lowest BCUT2D eigenvalue weighted by molar-refractivity contribution is 1.17. The molecule has 0 radical (unpaired) electrons. The largest absolute Gasteiger partial charge is 0.309 e. The average Bonchev–Trinajstić information content (AvgIpc) is 4.13. The Labute approximate surface area is 445 Å². The van der Waals surface area contributed by atoms with Crippen LogP contribution in [0, 0.1) is 0 Å². The van der Waals surface area contributed by atoms with Crippen molar-refractivity contribution in [3.63, 3.8) is 0 Å². The third-order valence-corrected chi connectivity index (χ3v) is 25.6. The van der Waals surface area contributed by atoms with Crippen molar-refractivity contribution in [1.82, 2.24) is 9.13 Å². The molecule has 2 nitrogen and oxygen atoms in total. The standard InChI is InChI=1S/C72H52N2Si2/c1-8-25-53(26-9-1)64-40-24-42-71-72(64)67-51-55(45-49-70(67)73(71)54-43-46-62(47-44-54)75(56-27-10-2-11-28-56,57-29-12-3-13-30-57)58-31-14-4-15-32-58)74-68-41-23-22-39-65(68)66-52-63(48-50-69(66)74)76(59-33-16-5-17-34-59,60-35-18-6-19-36-60)61-37-20-7-21-38-61/h1-52H. The van der Waals surface area contributed by atoms with E-state index >= 15 is 0 Å². The maximum atomic E-state index is 2.53. The number of benzene rings is 12. The van der Waals surface area contributed by atoms with Crippen molar-refractivity contribution in [2.24, 2.45) is 0 Å². The normalized spacial score (nSPS) is 11.9. The molecule has 12 aromatic carbocycles. The van der Waals surface area contributed by atoms with Crippen molar-refractivity contribution in [3.05, 3.63) is 315 Å². The zero-order valence-electron chi connectivity index (χ0n) is 41.9. The molecule has 0 amide bonds. The van der Waals surface area contributed by atoms with Crippen molar-refractivity contribution >= 4 is 101 Å². The number of fused-ring (bicyclic) bond motifs is 6. The first-order chi connectivity index (χ1) is 37.7. The van der Waals surface area contributed by atoms with E-state index in [4.69, 9.17) is 0 Å². The zero-order valence-corrected chi connectivity index (χ0v) is 43.9. The molecule has 0 bridgehead atoms. The second-order valence-corrected chi connectivity index (χ2v) is 27.5. The minimum atomic E-state index is -2.79. The van der Waals surface area contributed by atoms with Crippen LogP contribution in [0.15, 0.2) is 315 Å². The first-order valence-electron chi connectivity index (χ1n) is 26.3. The monoisotopic (exact) mass is 1000 g/mol. The van der Waals surface area contributed by atoms with Crippen molar-refractivity contribution in [2.45, 2.75) is 0 Å². The van der Waals surface area contributed by atoms with Crippen LogP contribution in [-0.4, -0.2) is 25.3 Å². The lowest BCUT2D eigenvalue weighted by Crippen LogP contribution is -2.74. The summed E-state index contributed by atoms with van der Waals surface area (Å²) < 4.78 is 4.98. The van der Waals surface area contributed by atoms with Gasteiger partial charge in [0, 0.05) is 32.9 Å². The topological polar surface area (TPSA) is 9.86 Å². The van der Waals surface area contributed by atoms with E-state index < -0.39 is 16.1 Å². The van der Waals surface area contributed by atoms with Gasteiger partial charge >= 0.3 is 0 Å². The molecule has 0 spiro atoms. The molecule has 0 saturated heterocycles. The van der Waals surface area contributed by atoms with E-state index in [1.165, 1.54) is 96.2 Å². The molecular weight excluding hydrogens is 949 g/mol. The predicted octanol–water partition coefficient (Wildman–Crippen LogP) is 12.3. The van der Waals surface area contributed by atoms with Crippen LogP contribution < -0.4 is 41.5 Å². The van der Waals surface area contributed by atoms with Crippen LogP contribution in [0.5, 0.6) is 0 Å². The van der Waals surface area contributed by atoms with E-state index in [0.29, 0.717) is 0 Å². The highest BCUT2D eigenvalue weighted by atomic mass is 28.3. The molecule has 14 aromatic rings. The van der Waals surface area contributed by atoms with Gasteiger partial charge in [0.2, 0.25) is 0 Å². The molecule has 14 rings (SSSR count). The maximum absolute atomic E-state index is 2.79. The van der Waals surface area contributed by atoms with Gasteiger partial charge in [-0.25, -0.2) is 0 Å². The van der Waals surface area contributed by atoms with Gasteiger partial charge in [-0.15, -0.1) is 0 Å². The molecule has 0 unspecified atom stereocenters. The van der Waals surface area contributed by atoms with Gasteiger partial charge in [0.05, 0.1) is 22.1 Å². The van der Waals surface area contributed by atoms with E-state index in [1.54, 1.807) is 0 Å². The molecule has 76 heavy (non-hydrogen) atoms. The predicted molar refractivity (Wildman–Crippen MR) is 328 cm³/mol. The van der Waals surface area contributed by atoms with Crippen LogP contribution in [-0.2, 0) is 0 Å². The summed E-state index contributed by atoms with van der Waals surface area (Å²) >= 11 is 0. The molecular formula is C72H52N2Si2. The van der Waals surface area contributed by atoms with E-state index in [2.05, 4.69) is 325 Å². The second kappa shape index (κ2) is 18.9. The van der Waals surface area contributed by atoms with Gasteiger partial charge in [0.15, 0.2) is 16.1 Å². The number of hydrogen-bond acceptors (Lipinski definition) is 0. The Morgan fingerprint density at radius 1 is 0.211 bits per heavy atom. The molecule has 0 aliphatic carbocycles. The van der Waals surface area contributed by atoms with E-state index in [9.17, 15) is 0 Å². The number of rotatable bonds is 11. The highest BCUT2D eigenvalue weighted by molar-refractivity contribution is 7.20. The molecule has 0 fully saturated rings. The highest BCUT2D eigenvalue weighted by Gasteiger charge is 2.43. The van der Waals surface area contributed by atoms with Crippen molar-refractivity contribution in [1.29, 1.82) is 0 Å². The SMILES string of the molecule is c1ccc(-c2cccc3c2c2cc(-n4c5ccccc5c5cc([Si](c6ccccc6)(c6ccccc6)c6ccccc6)ccc54)ccc2n3-c2ccc([Si](c3ccccc3)(c3ccccc3)c3ccccc3)cc2)cc1. The molecule has 0 aliphatic rings. The lowest BCUT2D eigenvalue weighted by Gasteiger charge is -2.34. The molecule has 358 valence electrons. The summed E-state index contributed by atoms with van der Waals surface area (Å²) in [6, 6.07) is 118. The second-order valence-electron chi connectivity index (χ2n) is 19.9. The van der Waals surface area contributed by atoms with Gasteiger partial charge in [-0.05, 0) is 101 Å². The summed E-state index contributed by atoms with van der Waals surface area (Å²) in [5.74, 6) is 0. The number of aromatic nitrogens is 2. The third kappa shape index (κ3) is 7.14. The molecule has 4 heteroatoms. The fraction of sp³-hybridized carbons (Fsp3) is 0. The Hall–Kier alpha value is -9.33. The molecule has 2 heterocycles. The first kappa shape index (κ1) is 45.3. The molecule has 0 aliphatic heterocycles. The summed E-state index contributed by atoms with van der Waals surface area (Å²) in [5, 5.41) is 15.8. The molecule has 0 saturated carbocycles. The van der Waals surface area contributed by atoms with Crippen LogP contribution in [0.25, 0.3) is 66.1 Å². The maximum Gasteiger partial charge on any atom is 0.179 e. The minimum absolute atomic E-state index is 1.13. The fourth-order valence-corrected chi connectivity index (χ4v) is 22.3. The Kier molecular flexibility index (Phi) is 11.2. The summed E-state index contributed by atoms with van der Waals surface area (Å²) in [7, 11) is -5.51. The molecule has 0 N–H and O–H groups in total. The smallest absolute Gasteiger partial charge is 0.179 e. The highest BCUT2D eigenvalue weighted by Crippen LogP contribution is 2.41. The molecule has 2 aromatic heterocycles. The van der Waals surface area contributed by atoms with Crippen LogP contribution in [0.4, 0.5) is 0 Å². The number of para-hydroxylation sites is 1. The summed E-state index contributed by atoms with van der Waals surface area (Å²) in [4.78, 5) is 0. The quantitative estimate of drug-likeness (QED) is 0.0903. The Balaban J connectivity index is 0.986. The van der Waals surface area contributed by atoms with Crippen LogP contribution >= 0.6 is 0 Å². The van der Waals surface area contributed by atoms with Gasteiger partial charge in [-0.1, -0.05) is 267 Å². The summed E-state index contributed by atoms with van der Waals surface area (Å²) in [6.45, 7) is 0. The summed E-state index contributed by atoms with van der Waals surface area (Å²) in [6.07, 6.45) is 0. The van der Waals surface area contributed by atoms with Crippen LogP contribution in [0.3, 0.4) is 0 Å². The Morgan fingerprint density at radius 3 is 1.08 bits per heavy atom. The van der Waals surface area contributed by atoms with Gasteiger partial charge in [-0.2, -0.15) is 0 Å². The van der Waals surface area contributed by atoms with Gasteiger partial charge < -0.3 is 9.13 Å². The third-order valence-electron chi connectivity index (χ3n) is 16.0. The van der Waals surface area contributed by atoms with Gasteiger partial charge in [-0.3, -0.25) is 0 Å². The average molecular weight is 1000 g/mol. The van der Waals surface area contributed by atoms with Crippen LogP contribution in [0.2, 0.25) is 0 Å². The number of hydrogen-bond donors (Lipinski definition) is 0. The van der Waals surface area contributed by atoms with Crippen molar-refractivity contribution in [3.8, 4) is 22.5 Å². The number of nitrogens with zero attached hydrogens (tertiary/aromatic N) is 2. The Morgan fingerprint density at radius 2 is 0.566 bits per heavy atom. The van der Waals surface area contributed by atoms with Crippen LogP contribution in [0.1, 0.15) is 0 Å². The van der Waals surface area contributed by atoms with Crippen molar-refractivity contribution in [2.75, 3.05) is 0 Å². The summed E-state index contributed by atoms with van der Waals surface area (Å²) in [5.41, 5.74) is 9.39. The van der Waals surface area contributed by atoms with E-state index in [-0.39, 0.29) is 0 Å². The lowest BCUT2D eigenvalue weighted by atomic mass is 9.99. The Bertz CT molecular complexity index is 4150. The first-order valence-corrected chi connectivity index (χ1v) is 30.3. The molecule has 0 atom stereocenters. The van der Waals surface area contributed by atoms with Crippen molar-refractivity contribution < 1.29 is 0 Å². The van der Waals surface area contributed by atoms with Gasteiger partial charge in [0.1, 0.15) is 0 Å². The fourth-order valence-electron chi connectivity index (χ4n) is 12.8. The van der Waals surface area contributed by atoms with E-state index in [1.807, 2.05) is 0 Å². The minimum Gasteiger partial charge on any atom is -0.309 e. The van der Waals surface area contributed by atoms with Gasteiger partial charge in [0.25, 0.3) is 0 Å². The van der Waals surface area contributed by atoms with E-state index in [0.717, 1.165) is 11.4 Å². The zero-order chi connectivity index (χ0) is 50.5.